The zero-order chi connectivity index (χ0) is 20.8. The number of nitrogens with one attached hydrogen (secondary N) is 3. The average Bonchev–Trinajstić information content (AvgIpc) is 2.80. The van der Waals surface area contributed by atoms with Gasteiger partial charge in [-0.3, -0.25) is 15.6 Å². The van der Waals surface area contributed by atoms with Gasteiger partial charge in [-0.25, -0.2) is 29.3 Å². The van der Waals surface area contributed by atoms with Crippen molar-refractivity contribution < 1.29 is 9.18 Å². The Bertz CT molecular complexity index is 1120. The number of anilines is 3. The van der Waals surface area contributed by atoms with E-state index in [1.54, 1.807) is 30.6 Å². The van der Waals surface area contributed by atoms with Crippen LogP contribution >= 0.6 is 0 Å². The molecule has 0 aliphatic rings. The molecule has 0 spiro atoms. The standard InChI is InChI=1S/C20H15FN8O/c21-14-10-25-20(26-11-14)29-28-19(30)17-7-6-16(12-24-17)27-15-4-2-13(3-5-15)18-22-8-1-9-23-18/h1-12,27H,(H,28,30)(H,25,26,29). The number of pyridine rings is 1. The molecule has 0 saturated heterocycles. The highest BCUT2D eigenvalue weighted by molar-refractivity contribution is 5.93. The second-order valence-corrected chi connectivity index (χ2v) is 6.01. The van der Waals surface area contributed by atoms with Gasteiger partial charge in [0.25, 0.3) is 5.91 Å². The van der Waals surface area contributed by atoms with Crippen molar-refractivity contribution in [2.45, 2.75) is 0 Å². The van der Waals surface area contributed by atoms with Gasteiger partial charge in [0.15, 0.2) is 11.6 Å². The van der Waals surface area contributed by atoms with Gasteiger partial charge >= 0.3 is 0 Å². The molecule has 0 radical (unpaired) electrons. The zero-order valence-electron chi connectivity index (χ0n) is 15.5. The summed E-state index contributed by atoms with van der Waals surface area (Å²) in [6, 6.07) is 12.7. The van der Waals surface area contributed by atoms with E-state index in [9.17, 15) is 9.18 Å². The third-order valence-corrected chi connectivity index (χ3v) is 3.90. The molecule has 0 unspecified atom stereocenters. The van der Waals surface area contributed by atoms with Crippen LogP contribution in [0.5, 0.6) is 0 Å². The number of benzene rings is 1. The Labute approximate surface area is 170 Å². The van der Waals surface area contributed by atoms with Crippen molar-refractivity contribution in [2.75, 3.05) is 10.7 Å². The maximum Gasteiger partial charge on any atom is 0.288 e. The minimum absolute atomic E-state index is 0.0624. The smallest absolute Gasteiger partial charge is 0.288 e. The molecule has 1 aromatic carbocycles. The minimum Gasteiger partial charge on any atom is -0.354 e. The minimum atomic E-state index is -0.570. The molecule has 4 rings (SSSR count). The topological polar surface area (TPSA) is 118 Å². The van der Waals surface area contributed by atoms with Crippen LogP contribution in [-0.2, 0) is 0 Å². The van der Waals surface area contributed by atoms with Gasteiger partial charge in [0, 0.05) is 23.6 Å². The van der Waals surface area contributed by atoms with E-state index < -0.39 is 11.7 Å². The monoisotopic (exact) mass is 402 g/mol. The Morgan fingerprint density at radius 1 is 0.800 bits per heavy atom. The highest BCUT2D eigenvalue weighted by Crippen LogP contribution is 2.20. The summed E-state index contributed by atoms with van der Waals surface area (Å²) in [5.74, 6) is -0.338. The maximum atomic E-state index is 12.8. The fourth-order valence-electron chi connectivity index (χ4n) is 2.47. The number of hydrogen-bond acceptors (Lipinski definition) is 8. The van der Waals surface area contributed by atoms with Crippen LogP contribution in [0.25, 0.3) is 11.4 Å². The third-order valence-electron chi connectivity index (χ3n) is 3.90. The molecule has 3 aromatic heterocycles. The molecule has 10 heteroatoms. The van der Waals surface area contributed by atoms with Crippen LogP contribution in [0.4, 0.5) is 21.7 Å². The SMILES string of the molecule is O=C(NNc1ncc(F)cn1)c1ccc(Nc2ccc(-c3ncccn3)cc2)cn1. The summed E-state index contributed by atoms with van der Waals surface area (Å²) in [6.45, 7) is 0. The highest BCUT2D eigenvalue weighted by atomic mass is 19.1. The van der Waals surface area contributed by atoms with Gasteiger partial charge in [0.1, 0.15) is 5.69 Å². The molecule has 0 bridgehead atoms. The van der Waals surface area contributed by atoms with Crippen molar-refractivity contribution in [1.29, 1.82) is 0 Å². The van der Waals surface area contributed by atoms with Gasteiger partial charge in [-0.15, -0.1) is 0 Å². The molecule has 1 amide bonds. The Hall–Kier alpha value is -4.47. The molecule has 0 aliphatic carbocycles. The largest absolute Gasteiger partial charge is 0.354 e. The fourth-order valence-corrected chi connectivity index (χ4v) is 2.47. The Morgan fingerprint density at radius 2 is 1.50 bits per heavy atom. The summed E-state index contributed by atoms with van der Waals surface area (Å²) in [5.41, 5.74) is 7.54. The molecule has 0 aliphatic heterocycles. The van der Waals surface area contributed by atoms with Crippen molar-refractivity contribution in [2.24, 2.45) is 0 Å². The van der Waals surface area contributed by atoms with Crippen LogP contribution in [0.2, 0.25) is 0 Å². The summed E-state index contributed by atoms with van der Waals surface area (Å²) in [5, 5.41) is 3.21. The number of rotatable bonds is 6. The van der Waals surface area contributed by atoms with Gasteiger partial charge in [-0.05, 0) is 42.5 Å². The number of halogens is 1. The zero-order valence-corrected chi connectivity index (χ0v) is 15.5. The molecule has 148 valence electrons. The summed E-state index contributed by atoms with van der Waals surface area (Å²) in [7, 11) is 0. The molecule has 9 nitrogen and oxygen atoms in total. The number of hydrogen-bond donors (Lipinski definition) is 3. The van der Waals surface area contributed by atoms with Crippen LogP contribution < -0.4 is 16.2 Å². The van der Waals surface area contributed by atoms with Crippen LogP contribution in [0, 0.1) is 5.82 Å². The van der Waals surface area contributed by atoms with Crippen LogP contribution in [-0.4, -0.2) is 30.8 Å². The summed E-state index contributed by atoms with van der Waals surface area (Å²) in [6.07, 6.45) is 6.90. The Balaban J connectivity index is 1.35. The first-order valence-electron chi connectivity index (χ1n) is 8.82. The maximum absolute atomic E-state index is 12.8. The van der Waals surface area contributed by atoms with Gasteiger partial charge in [0.2, 0.25) is 5.95 Å². The van der Waals surface area contributed by atoms with Crippen LogP contribution in [0.1, 0.15) is 10.5 Å². The van der Waals surface area contributed by atoms with E-state index >= 15 is 0 Å². The van der Waals surface area contributed by atoms with Crippen molar-refractivity contribution >= 4 is 23.2 Å². The second-order valence-electron chi connectivity index (χ2n) is 6.01. The molecular weight excluding hydrogens is 387 g/mol. The van der Waals surface area contributed by atoms with Gasteiger partial charge < -0.3 is 5.32 Å². The van der Waals surface area contributed by atoms with Gasteiger partial charge in [0.05, 0.1) is 24.3 Å². The van der Waals surface area contributed by atoms with E-state index in [0.29, 0.717) is 11.5 Å². The van der Waals surface area contributed by atoms with E-state index in [4.69, 9.17) is 0 Å². The molecule has 0 saturated carbocycles. The fraction of sp³-hybridized carbons (Fsp3) is 0. The van der Waals surface area contributed by atoms with Crippen molar-refractivity contribution in [1.82, 2.24) is 30.3 Å². The Kier molecular flexibility index (Phi) is 5.47. The number of nitrogens with zero attached hydrogens (tertiary/aromatic N) is 5. The van der Waals surface area contributed by atoms with Gasteiger partial charge in [-0.1, -0.05) is 0 Å². The lowest BCUT2D eigenvalue weighted by Crippen LogP contribution is -2.30. The summed E-state index contributed by atoms with van der Waals surface area (Å²) in [4.78, 5) is 32.1. The van der Waals surface area contributed by atoms with Crippen molar-refractivity contribution in [3.05, 3.63) is 85.0 Å². The quantitative estimate of drug-likeness (QED) is 0.421. The van der Waals surface area contributed by atoms with Crippen molar-refractivity contribution in [3.63, 3.8) is 0 Å². The number of hydrazine groups is 1. The number of carbonyl (C=O) groups excluding carboxylic acids is 1. The number of amides is 1. The molecule has 30 heavy (non-hydrogen) atoms. The third kappa shape index (κ3) is 4.68. The van der Waals surface area contributed by atoms with E-state index in [-0.39, 0.29) is 11.6 Å². The van der Waals surface area contributed by atoms with E-state index in [2.05, 4.69) is 41.1 Å². The molecule has 0 fully saturated rings. The van der Waals surface area contributed by atoms with Gasteiger partial charge in [-0.2, -0.15) is 0 Å². The van der Waals surface area contributed by atoms with Crippen molar-refractivity contribution in [3.8, 4) is 11.4 Å². The first-order chi connectivity index (χ1) is 14.7. The lowest BCUT2D eigenvalue weighted by Gasteiger charge is -2.09. The normalized spacial score (nSPS) is 10.3. The average molecular weight is 402 g/mol. The predicted molar refractivity (Wildman–Crippen MR) is 108 cm³/mol. The first kappa shape index (κ1) is 18.9. The van der Waals surface area contributed by atoms with Crippen LogP contribution in [0.15, 0.2) is 73.4 Å². The number of aromatic nitrogens is 5. The molecular formula is C20H15FN8O. The lowest BCUT2D eigenvalue weighted by atomic mass is 10.2. The van der Waals surface area contributed by atoms with Crippen LogP contribution in [0.3, 0.4) is 0 Å². The molecule has 4 aromatic rings. The van der Waals surface area contributed by atoms with E-state index in [1.165, 1.54) is 6.20 Å². The highest BCUT2D eigenvalue weighted by Gasteiger charge is 2.08. The first-order valence-corrected chi connectivity index (χ1v) is 8.82. The molecule has 3 N–H and O–H groups in total. The number of carbonyl (C=O) groups is 1. The lowest BCUT2D eigenvalue weighted by molar-refractivity contribution is 0.0957. The second kappa shape index (κ2) is 8.69. The summed E-state index contributed by atoms with van der Waals surface area (Å²) >= 11 is 0. The Morgan fingerprint density at radius 3 is 2.17 bits per heavy atom. The van der Waals surface area contributed by atoms with E-state index in [0.717, 1.165) is 23.6 Å². The van der Waals surface area contributed by atoms with E-state index in [1.807, 2.05) is 24.3 Å². The summed E-state index contributed by atoms with van der Waals surface area (Å²) < 4.78 is 12.8. The molecule has 0 atom stereocenters. The predicted octanol–water partition coefficient (Wildman–Crippen LogP) is 2.97. The molecule has 3 heterocycles.